The van der Waals surface area contributed by atoms with Gasteiger partial charge in [0, 0.05) is 5.33 Å². The van der Waals surface area contributed by atoms with E-state index in [2.05, 4.69) is 36.7 Å². The van der Waals surface area contributed by atoms with E-state index in [4.69, 9.17) is 4.74 Å². The minimum atomic E-state index is 0.430. The Bertz CT molecular complexity index is 226. The van der Waals surface area contributed by atoms with Gasteiger partial charge in [0.15, 0.2) is 0 Å². The van der Waals surface area contributed by atoms with Gasteiger partial charge in [0.2, 0.25) is 0 Å². The van der Waals surface area contributed by atoms with Gasteiger partial charge in [0.1, 0.15) is 0 Å². The number of hydrogen-bond donors (Lipinski definition) is 0. The molecule has 82 valence electrons. The summed E-state index contributed by atoms with van der Waals surface area (Å²) < 4.78 is 5.98. The van der Waals surface area contributed by atoms with Crippen LogP contribution in [0, 0.1) is 16.7 Å². The smallest absolute Gasteiger partial charge is 0.0637 e. The van der Waals surface area contributed by atoms with Crippen LogP contribution in [0.5, 0.6) is 0 Å². The summed E-state index contributed by atoms with van der Waals surface area (Å²) in [6.45, 7) is 8.16. The molecule has 0 radical (unpaired) electrons. The molecule has 2 aliphatic rings. The lowest BCUT2D eigenvalue weighted by Gasteiger charge is -2.38. The van der Waals surface area contributed by atoms with E-state index in [-0.39, 0.29) is 0 Å². The molecule has 0 aromatic rings. The molecule has 2 fully saturated rings. The van der Waals surface area contributed by atoms with Crippen molar-refractivity contribution in [3.05, 3.63) is 0 Å². The Hall–Kier alpha value is 0.440. The van der Waals surface area contributed by atoms with Gasteiger partial charge in [0.25, 0.3) is 0 Å². The molecular formula is C12H21BrO. The van der Waals surface area contributed by atoms with Crippen LogP contribution in [0.25, 0.3) is 0 Å². The zero-order chi connectivity index (χ0) is 10.4. The number of alkyl halides is 1. The third-order valence-electron chi connectivity index (χ3n) is 5.11. The fourth-order valence-electron chi connectivity index (χ4n) is 3.57. The molecule has 0 heterocycles. The molecule has 0 amide bonds. The van der Waals surface area contributed by atoms with Crippen molar-refractivity contribution in [3.8, 4) is 0 Å². The lowest BCUT2D eigenvalue weighted by atomic mass is 9.70. The van der Waals surface area contributed by atoms with Gasteiger partial charge in [-0.2, -0.15) is 0 Å². The van der Waals surface area contributed by atoms with Crippen molar-refractivity contribution in [3.63, 3.8) is 0 Å². The average Bonchev–Trinajstić information content (AvgIpc) is 2.46. The van der Waals surface area contributed by atoms with E-state index in [9.17, 15) is 0 Å². The highest BCUT2D eigenvalue weighted by Crippen LogP contribution is 2.66. The molecule has 0 aromatic heterocycles. The highest BCUT2D eigenvalue weighted by atomic mass is 79.9. The van der Waals surface area contributed by atoms with E-state index >= 15 is 0 Å². The maximum atomic E-state index is 5.98. The Balaban J connectivity index is 2.11. The van der Waals surface area contributed by atoms with Gasteiger partial charge in [-0.25, -0.2) is 0 Å². The predicted molar refractivity (Wildman–Crippen MR) is 62.8 cm³/mol. The number of ether oxygens (including phenoxy) is 1. The summed E-state index contributed by atoms with van der Waals surface area (Å²) in [7, 11) is 0. The van der Waals surface area contributed by atoms with E-state index in [0.717, 1.165) is 17.9 Å². The van der Waals surface area contributed by atoms with Crippen LogP contribution in [0.15, 0.2) is 0 Å². The monoisotopic (exact) mass is 260 g/mol. The highest BCUT2D eigenvalue weighted by molar-refractivity contribution is 9.09. The van der Waals surface area contributed by atoms with Crippen molar-refractivity contribution in [2.75, 3.05) is 11.9 Å². The summed E-state index contributed by atoms with van der Waals surface area (Å²) in [6.07, 6.45) is 4.57. The largest absolute Gasteiger partial charge is 0.377 e. The fraction of sp³-hybridized carbons (Fsp3) is 1.00. The van der Waals surface area contributed by atoms with Crippen LogP contribution in [0.1, 0.15) is 40.0 Å². The van der Waals surface area contributed by atoms with Gasteiger partial charge in [-0.3, -0.25) is 0 Å². The molecule has 0 saturated heterocycles. The zero-order valence-corrected chi connectivity index (χ0v) is 11.1. The minimum Gasteiger partial charge on any atom is -0.377 e. The maximum absolute atomic E-state index is 5.98. The molecule has 0 aliphatic heterocycles. The Kier molecular flexibility index (Phi) is 2.72. The SMILES string of the molecule is CC1(C)C2CCC1(C)C(OCCBr)C2. The number of hydrogen-bond acceptors (Lipinski definition) is 1. The lowest BCUT2D eigenvalue weighted by Crippen LogP contribution is -2.37. The second kappa shape index (κ2) is 3.48. The Morgan fingerprint density at radius 2 is 2.07 bits per heavy atom. The molecule has 2 saturated carbocycles. The molecule has 3 unspecified atom stereocenters. The third kappa shape index (κ3) is 1.30. The minimum absolute atomic E-state index is 0.430. The van der Waals surface area contributed by atoms with Crippen LogP contribution in [0.2, 0.25) is 0 Å². The highest BCUT2D eigenvalue weighted by Gasteiger charge is 2.61. The molecular weight excluding hydrogens is 240 g/mol. The van der Waals surface area contributed by atoms with Crippen molar-refractivity contribution in [1.82, 2.24) is 0 Å². The predicted octanol–water partition coefficient (Wildman–Crippen LogP) is 3.61. The molecule has 2 rings (SSSR count). The summed E-state index contributed by atoms with van der Waals surface area (Å²) in [4.78, 5) is 0. The molecule has 2 aliphatic carbocycles. The van der Waals surface area contributed by atoms with Gasteiger partial charge in [-0.1, -0.05) is 36.7 Å². The first-order valence-corrected chi connectivity index (χ1v) is 6.82. The first-order valence-electron chi connectivity index (χ1n) is 5.70. The molecule has 3 atom stereocenters. The van der Waals surface area contributed by atoms with E-state index in [1.165, 1.54) is 19.3 Å². The first-order chi connectivity index (χ1) is 6.52. The maximum Gasteiger partial charge on any atom is 0.0637 e. The van der Waals surface area contributed by atoms with Crippen LogP contribution in [-0.2, 0) is 4.74 Å². The summed E-state index contributed by atoms with van der Waals surface area (Å²) >= 11 is 3.43. The standard InChI is InChI=1S/C12H21BrO/c1-11(2)9-4-5-12(11,3)10(8-9)14-7-6-13/h9-10H,4-8H2,1-3H3. The van der Waals surface area contributed by atoms with E-state index < -0.39 is 0 Å². The molecule has 0 N–H and O–H groups in total. The first kappa shape index (κ1) is 10.9. The van der Waals surface area contributed by atoms with Crippen molar-refractivity contribution in [2.45, 2.75) is 46.1 Å². The summed E-state index contributed by atoms with van der Waals surface area (Å²) in [5, 5.41) is 0.963. The third-order valence-corrected chi connectivity index (χ3v) is 5.43. The van der Waals surface area contributed by atoms with Crippen molar-refractivity contribution >= 4 is 15.9 Å². The Morgan fingerprint density at radius 3 is 2.50 bits per heavy atom. The summed E-state index contributed by atoms with van der Waals surface area (Å²) in [5.41, 5.74) is 0.920. The topological polar surface area (TPSA) is 9.23 Å². The normalized spacial score (nSPS) is 44.6. The van der Waals surface area contributed by atoms with E-state index in [0.29, 0.717) is 16.9 Å². The molecule has 2 bridgehead atoms. The van der Waals surface area contributed by atoms with Crippen LogP contribution in [0.3, 0.4) is 0 Å². The zero-order valence-electron chi connectivity index (χ0n) is 9.48. The quantitative estimate of drug-likeness (QED) is 0.705. The fourth-order valence-corrected chi connectivity index (χ4v) is 3.76. The molecule has 0 aromatic carbocycles. The number of fused-ring (bicyclic) bond motifs is 2. The van der Waals surface area contributed by atoms with Gasteiger partial charge in [0.05, 0.1) is 12.7 Å². The number of halogens is 1. The summed E-state index contributed by atoms with van der Waals surface area (Å²) in [5.74, 6) is 0.896. The van der Waals surface area contributed by atoms with Crippen LogP contribution < -0.4 is 0 Å². The van der Waals surface area contributed by atoms with Crippen molar-refractivity contribution in [1.29, 1.82) is 0 Å². The second-order valence-electron chi connectivity index (χ2n) is 5.66. The van der Waals surface area contributed by atoms with Gasteiger partial charge in [-0.15, -0.1) is 0 Å². The van der Waals surface area contributed by atoms with E-state index in [1.807, 2.05) is 0 Å². The van der Waals surface area contributed by atoms with Crippen LogP contribution in [0.4, 0.5) is 0 Å². The summed E-state index contributed by atoms with van der Waals surface area (Å²) in [6, 6.07) is 0. The van der Waals surface area contributed by atoms with Crippen LogP contribution in [-0.4, -0.2) is 18.0 Å². The average molecular weight is 261 g/mol. The molecule has 14 heavy (non-hydrogen) atoms. The van der Waals surface area contributed by atoms with Crippen LogP contribution >= 0.6 is 15.9 Å². The van der Waals surface area contributed by atoms with Gasteiger partial charge >= 0.3 is 0 Å². The lowest BCUT2D eigenvalue weighted by molar-refractivity contribution is -0.0400. The number of rotatable bonds is 3. The molecule has 0 spiro atoms. The van der Waals surface area contributed by atoms with Crippen molar-refractivity contribution in [2.24, 2.45) is 16.7 Å². The van der Waals surface area contributed by atoms with E-state index in [1.54, 1.807) is 0 Å². The van der Waals surface area contributed by atoms with Gasteiger partial charge in [-0.05, 0) is 36.0 Å². The molecule has 1 nitrogen and oxygen atoms in total. The second-order valence-corrected chi connectivity index (χ2v) is 6.45. The molecule has 2 heteroatoms. The van der Waals surface area contributed by atoms with Crippen molar-refractivity contribution < 1.29 is 4.74 Å². The Morgan fingerprint density at radius 1 is 1.36 bits per heavy atom. The van der Waals surface area contributed by atoms with Gasteiger partial charge < -0.3 is 4.74 Å². The Labute approximate surface area is 95.7 Å².